The number of pyridine rings is 1. The van der Waals surface area contributed by atoms with Crippen molar-refractivity contribution in [1.29, 1.82) is 0 Å². The molecule has 1 unspecified atom stereocenters. The molecule has 3 amide bonds. The highest BCUT2D eigenvalue weighted by molar-refractivity contribution is 7.91. The third-order valence-corrected chi connectivity index (χ3v) is 14.0. The smallest absolute Gasteiger partial charge is 0.259 e. The zero-order valence-electron chi connectivity index (χ0n) is 30.0. The van der Waals surface area contributed by atoms with Crippen molar-refractivity contribution in [3.63, 3.8) is 0 Å². The molecule has 282 valence electrons. The van der Waals surface area contributed by atoms with Gasteiger partial charge in [-0.2, -0.15) is 0 Å². The predicted molar refractivity (Wildman–Crippen MR) is 194 cm³/mol. The number of sulfonamides is 1. The molecule has 3 aliphatic heterocycles. The number of nitrogens with one attached hydrogen (secondary N) is 2. The number of morpholine rings is 1. The molecule has 0 bridgehead atoms. The van der Waals surface area contributed by atoms with Crippen molar-refractivity contribution in [3.05, 3.63) is 42.6 Å². The van der Waals surface area contributed by atoms with Crippen molar-refractivity contribution in [2.75, 3.05) is 44.4 Å². The largest absolute Gasteiger partial charge is 0.472 e. The van der Waals surface area contributed by atoms with Crippen molar-refractivity contribution >= 4 is 44.2 Å². The van der Waals surface area contributed by atoms with Crippen LogP contribution in [0.3, 0.4) is 0 Å². The van der Waals surface area contributed by atoms with Crippen LogP contribution in [0.25, 0.3) is 10.8 Å². The molecular weight excluding hydrogens is 690 g/mol. The van der Waals surface area contributed by atoms with Crippen molar-refractivity contribution in [2.45, 2.75) is 94.1 Å². The van der Waals surface area contributed by atoms with Gasteiger partial charge in [-0.25, -0.2) is 17.8 Å². The number of nitrogens with zero attached hydrogens (tertiary/aromatic N) is 3. The first-order valence-electron chi connectivity index (χ1n) is 18.8. The molecule has 2 N–H and O–H groups in total. The summed E-state index contributed by atoms with van der Waals surface area (Å²) in [6.45, 7) is 6.08. The fraction of sp³-hybridized carbons (Fsp3) is 0.632. The number of ether oxygens (including phenoxy) is 2. The van der Waals surface area contributed by atoms with Crippen molar-refractivity contribution < 1.29 is 36.7 Å². The summed E-state index contributed by atoms with van der Waals surface area (Å²) in [7, 11) is -4.31. The van der Waals surface area contributed by atoms with E-state index in [-0.39, 0.29) is 50.5 Å². The number of benzene rings is 1. The molecule has 7 rings (SSSR count). The van der Waals surface area contributed by atoms with Gasteiger partial charge in [-0.3, -0.25) is 19.1 Å². The monoisotopic (exact) mass is 739 g/mol. The zero-order chi connectivity index (χ0) is 36.7. The number of carbonyl (C=O) groups is 3. The van der Waals surface area contributed by atoms with Crippen LogP contribution in [0.1, 0.15) is 71.6 Å². The summed E-state index contributed by atoms with van der Waals surface area (Å²) in [6, 6.07) is 6.91. The maximum atomic E-state index is 14.3. The maximum Gasteiger partial charge on any atom is 0.259 e. The Bertz CT molecular complexity index is 1830. The van der Waals surface area contributed by atoms with Gasteiger partial charge in [0.05, 0.1) is 31.6 Å². The van der Waals surface area contributed by atoms with Gasteiger partial charge in [0.15, 0.2) is 0 Å². The second-order valence-electron chi connectivity index (χ2n) is 15.5. The Hall–Kier alpha value is -3.78. The van der Waals surface area contributed by atoms with Crippen LogP contribution in [0, 0.1) is 17.8 Å². The minimum Gasteiger partial charge on any atom is -0.472 e. The molecule has 14 heteroatoms. The van der Waals surface area contributed by atoms with E-state index in [9.17, 15) is 27.2 Å². The molecule has 5 aliphatic rings. The number of aromatic nitrogens is 1. The lowest BCUT2D eigenvalue weighted by Gasteiger charge is -2.30. The molecule has 4 fully saturated rings. The second kappa shape index (κ2) is 14.6. The topological polar surface area (TPSA) is 147 Å². The molecule has 1 aromatic carbocycles. The highest BCUT2D eigenvalue weighted by atomic mass is 32.2. The van der Waals surface area contributed by atoms with Gasteiger partial charge in [0, 0.05) is 42.6 Å². The van der Waals surface area contributed by atoms with Gasteiger partial charge < -0.3 is 24.6 Å². The number of carbonyl (C=O) groups excluding carboxylic acids is 3. The number of hydrogen-bond donors (Lipinski definition) is 2. The van der Waals surface area contributed by atoms with Crippen LogP contribution >= 0.6 is 0 Å². The van der Waals surface area contributed by atoms with Crippen molar-refractivity contribution in [2.24, 2.45) is 17.8 Å². The summed E-state index contributed by atoms with van der Waals surface area (Å²) < 4.78 is 52.6. The van der Waals surface area contributed by atoms with Crippen molar-refractivity contribution in [3.8, 4) is 5.88 Å². The molecular formula is C38H50FN5O7S. The highest BCUT2D eigenvalue weighted by Gasteiger charge is 2.64. The Labute approximate surface area is 304 Å². The molecule has 2 aromatic rings. The first-order valence-corrected chi connectivity index (χ1v) is 20.3. The quantitative estimate of drug-likeness (QED) is 0.383. The highest BCUT2D eigenvalue weighted by Crippen LogP contribution is 2.48. The number of alkyl halides is 1. The molecule has 0 spiro atoms. The normalized spacial score (nSPS) is 31.4. The Morgan fingerprint density at radius 1 is 1.15 bits per heavy atom. The Morgan fingerprint density at radius 3 is 2.62 bits per heavy atom. The zero-order valence-corrected chi connectivity index (χ0v) is 30.8. The van der Waals surface area contributed by atoms with Gasteiger partial charge in [-0.1, -0.05) is 50.6 Å². The molecule has 4 heterocycles. The molecule has 2 saturated carbocycles. The lowest BCUT2D eigenvalue weighted by atomic mass is 9.88. The molecule has 2 saturated heterocycles. The standard InChI is InChI=1S/C38H50FN5O7S/c1-3-26-18-25(2)8-4-5-9-27-21-38(27,36(47)42-52(48,49)37(24-39)12-13-37)41-34(46)31-20-28(23-44(31)33(45)19-26)51-35-30-11-7-6-10-29(30)32(22-40-35)43-14-16-50-17-15-43/h5-7,9-11,22,25-28,31H,3-4,8,12-21,23-24H2,1-2H3,(H,41,46)(H,42,47)/b9-5-/t25-,26-,27?,28-,31+,38-/m1/s1. The summed E-state index contributed by atoms with van der Waals surface area (Å²) in [5, 5.41) is 4.69. The van der Waals surface area contributed by atoms with Crippen LogP contribution in [0.5, 0.6) is 5.88 Å². The van der Waals surface area contributed by atoms with E-state index in [1.54, 1.807) is 11.1 Å². The maximum absolute atomic E-state index is 14.3. The molecule has 2 aliphatic carbocycles. The van der Waals surface area contributed by atoms with E-state index in [4.69, 9.17) is 14.5 Å². The number of hydrogen-bond acceptors (Lipinski definition) is 9. The number of fused-ring (bicyclic) bond motifs is 3. The lowest BCUT2D eigenvalue weighted by molar-refractivity contribution is -0.140. The number of amides is 3. The van der Waals surface area contributed by atoms with E-state index in [1.165, 1.54) is 0 Å². The van der Waals surface area contributed by atoms with Gasteiger partial charge in [0.1, 0.15) is 29.1 Å². The van der Waals surface area contributed by atoms with Crippen LogP contribution < -0.4 is 19.7 Å². The van der Waals surface area contributed by atoms with Gasteiger partial charge in [-0.15, -0.1) is 0 Å². The first-order chi connectivity index (χ1) is 25.0. The summed E-state index contributed by atoms with van der Waals surface area (Å²) in [5.74, 6) is -1.14. The van der Waals surface area contributed by atoms with Crippen LogP contribution in [0.4, 0.5) is 10.1 Å². The molecule has 52 heavy (non-hydrogen) atoms. The fourth-order valence-electron chi connectivity index (χ4n) is 8.17. The fourth-order valence-corrected chi connectivity index (χ4v) is 9.60. The predicted octanol–water partition coefficient (Wildman–Crippen LogP) is 4.04. The van der Waals surface area contributed by atoms with E-state index >= 15 is 0 Å². The minimum absolute atomic E-state index is 0.131. The number of halogens is 1. The number of allylic oxidation sites excluding steroid dienone is 1. The van der Waals surface area contributed by atoms with E-state index in [1.807, 2.05) is 36.4 Å². The van der Waals surface area contributed by atoms with Crippen LogP contribution in [-0.4, -0.2) is 98.0 Å². The van der Waals surface area contributed by atoms with Crippen LogP contribution in [0.15, 0.2) is 42.6 Å². The average Bonchev–Trinajstić information content (AvgIpc) is 4.05. The number of rotatable bonds is 8. The van der Waals surface area contributed by atoms with E-state index in [0.717, 1.165) is 55.2 Å². The SMILES string of the molecule is CC[C@H]1CC(=O)N2C[C@H](Oc3ncc(N4CCOCC4)c4ccccc34)C[C@H]2C(=O)N[C@]2(C(=O)NS(=O)(=O)C3(CF)CC3)CC2/C=C\CC[C@@H](C)C1. The molecule has 12 nitrogen and oxygen atoms in total. The van der Waals surface area contributed by atoms with Gasteiger partial charge in [0.25, 0.3) is 5.91 Å². The van der Waals surface area contributed by atoms with Crippen molar-refractivity contribution in [1.82, 2.24) is 19.9 Å². The minimum atomic E-state index is -4.31. The van der Waals surface area contributed by atoms with Crippen LogP contribution in [-0.2, 0) is 29.1 Å². The van der Waals surface area contributed by atoms with E-state index < -0.39 is 56.9 Å². The summed E-state index contributed by atoms with van der Waals surface area (Å²) >= 11 is 0. The molecule has 0 radical (unpaired) electrons. The third kappa shape index (κ3) is 7.12. The average molecular weight is 740 g/mol. The van der Waals surface area contributed by atoms with E-state index in [0.29, 0.717) is 25.0 Å². The second-order valence-corrected chi connectivity index (χ2v) is 17.6. The summed E-state index contributed by atoms with van der Waals surface area (Å²) in [6.07, 6.45) is 9.32. The Morgan fingerprint density at radius 2 is 1.90 bits per heavy atom. The third-order valence-electron chi connectivity index (χ3n) is 11.8. The summed E-state index contributed by atoms with van der Waals surface area (Å²) in [5.41, 5.74) is -0.552. The molecule has 6 atom stereocenters. The Balaban J connectivity index is 1.17. The van der Waals surface area contributed by atoms with Gasteiger partial charge in [-0.05, 0) is 56.4 Å². The van der Waals surface area contributed by atoms with Crippen LogP contribution in [0.2, 0.25) is 0 Å². The first kappa shape index (κ1) is 36.6. The Kier molecular flexibility index (Phi) is 10.2. The number of anilines is 1. The summed E-state index contributed by atoms with van der Waals surface area (Å²) in [4.78, 5) is 50.7. The van der Waals surface area contributed by atoms with E-state index in [2.05, 4.69) is 28.8 Å². The van der Waals surface area contributed by atoms with Gasteiger partial charge >= 0.3 is 0 Å². The lowest BCUT2D eigenvalue weighted by Crippen LogP contribution is -2.57. The molecule has 1 aromatic heterocycles. The van der Waals surface area contributed by atoms with Gasteiger partial charge in [0.2, 0.25) is 27.7 Å².